The van der Waals surface area contributed by atoms with E-state index in [-0.39, 0.29) is 11.9 Å². The maximum atomic E-state index is 12.2. The van der Waals surface area contributed by atoms with Gasteiger partial charge in [-0.2, -0.15) is 0 Å². The zero-order valence-electron chi connectivity index (χ0n) is 13.0. The molecule has 0 aromatic heterocycles. The zero-order valence-corrected chi connectivity index (χ0v) is 13.0. The minimum absolute atomic E-state index is 0.0746. The number of carbonyl (C=O) groups excluding carboxylic acids is 1. The molecule has 1 unspecified atom stereocenters. The number of hydrogen-bond donors (Lipinski definition) is 2. The lowest BCUT2D eigenvalue weighted by molar-refractivity contribution is -0.123. The molecule has 4 nitrogen and oxygen atoms in total. The SMILES string of the molecule is CC(C)C(CN(C)C)NC(=O)[C@@H](N)Cc1ccccc1. The van der Waals surface area contributed by atoms with Crippen molar-refractivity contribution >= 4 is 5.91 Å². The lowest BCUT2D eigenvalue weighted by Crippen LogP contribution is -2.51. The van der Waals surface area contributed by atoms with Gasteiger partial charge < -0.3 is 16.0 Å². The summed E-state index contributed by atoms with van der Waals surface area (Å²) < 4.78 is 0. The standard InChI is InChI=1S/C16H27N3O/c1-12(2)15(11-19(3)4)18-16(20)14(17)10-13-8-6-5-7-9-13/h5-9,12,14-15H,10-11,17H2,1-4H3,(H,18,20)/t14-,15?/m0/s1. The molecule has 0 saturated carbocycles. The van der Waals surface area contributed by atoms with E-state index in [0.717, 1.165) is 12.1 Å². The van der Waals surface area contributed by atoms with Crippen LogP contribution in [0.25, 0.3) is 0 Å². The molecular formula is C16H27N3O. The van der Waals surface area contributed by atoms with Crippen LogP contribution in [0.15, 0.2) is 30.3 Å². The molecule has 1 aromatic rings. The summed E-state index contributed by atoms with van der Waals surface area (Å²) in [6, 6.07) is 9.49. The van der Waals surface area contributed by atoms with Crippen molar-refractivity contribution in [2.24, 2.45) is 11.7 Å². The molecule has 0 saturated heterocycles. The van der Waals surface area contributed by atoms with E-state index >= 15 is 0 Å². The van der Waals surface area contributed by atoms with Gasteiger partial charge in [0.05, 0.1) is 6.04 Å². The summed E-state index contributed by atoms with van der Waals surface area (Å²) in [5.74, 6) is 0.305. The van der Waals surface area contributed by atoms with Crippen LogP contribution in [0.5, 0.6) is 0 Å². The summed E-state index contributed by atoms with van der Waals surface area (Å²) in [5, 5.41) is 3.06. The van der Waals surface area contributed by atoms with Gasteiger partial charge in [0.2, 0.25) is 5.91 Å². The average Bonchev–Trinajstić information content (AvgIpc) is 2.38. The lowest BCUT2D eigenvalue weighted by atomic mass is 10.0. The summed E-state index contributed by atoms with van der Waals surface area (Å²) in [7, 11) is 4.01. The van der Waals surface area contributed by atoms with Gasteiger partial charge >= 0.3 is 0 Å². The highest BCUT2D eigenvalue weighted by Gasteiger charge is 2.21. The van der Waals surface area contributed by atoms with Crippen LogP contribution in [0.2, 0.25) is 0 Å². The van der Waals surface area contributed by atoms with Gasteiger partial charge in [-0.3, -0.25) is 4.79 Å². The van der Waals surface area contributed by atoms with Crippen molar-refractivity contribution in [3.8, 4) is 0 Å². The Morgan fingerprint density at radius 3 is 2.35 bits per heavy atom. The predicted molar refractivity (Wildman–Crippen MR) is 83.4 cm³/mol. The quantitative estimate of drug-likeness (QED) is 0.789. The van der Waals surface area contributed by atoms with Crippen molar-refractivity contribution in [1.29, 1.82) is 0 Å². The van der Waals surface area contributed by atoms with Crippen molar-refractivity contribution < 1.29 is 4.79 Å². The summed E-state index contributed by atoms with van der Waals surface area (Å²) in [4.78, 5) is 14.3. The number of likely N-dealkylation sites (N-methyl/N-ethyl adjacent to an activating group) is 1. The first-order chi connectivity index (χ1) is 9.40. The van der Waals surface area contributed by atoms with Crippen molar-refractivity contribution in [3.63, 3.8) is 0 Å². The van der Waals surface area contributed by atoms with Gasteiger partial charge in [0, 0.05) is 12.6 Å². The van der Waals surface area contributed by atoms with Gasteiger partial charge in [0.1, 0.15) is 0 Å². The van der Waals surface area contributed by atoms with Gasteiger partial charge in [-0.15, -0.1) is 0 Å². The zero-order chi connectivity index (χ0) is 15.1. The van der Waals surface area contributed by atoms with Gasteiger partial charge in [0.15, 0.2) is 0 Å². The van der Waals surface area contributed by atoms with Crippen LogP contribution >= 0.6 is 0 Å². The molecule has 20 heavy (non-hydrogen) atoms. The number of amides is 1. The number of rotatable bonds is 7. The highest BCUT2D eigenvalue weighted by molar-refractivity contribution is 5.82. The number of nitrogens with zero attached hydrogens (tertiary/aromatic N) is 1. The van der Waals surface area contributed by atoms with Crippen LogP contribution in [-0.2, 0) is 11.2 Å². The van der Waals surface area contributed by atoms with Crippen LogP contribution in [0.1, 0.15) is 19.4 Å². The summed E-state index contributed by atoms with van der Waals surface area (Å²) in [6.45, 7) is 5.04. The topological polar surface area (TPSA) is 58.4 Å². The number of carbonyl (C=O) groups is 1. The molecule has 0 radical (unpaired) electrons. The van der Waals surface area contributed by atoms with E-state index in [9.17, 15) is 4.79 Å². The second kappa shape index (κ2) is 8.02. The third kappa shape index (κ3) is 5.72. The minimum Gasteiger partial charge on any atom is -0.350 e. The number of nitrogens with one attached hydrogen (secondary N) is 1. The van der Waals surface area contributed by atoms with E-state index < -0.39 is 6.04 Å². The highest BCUT2D eigenvalue weighted by atomic mass is 16.2. The molecule has 1 rings (SSSR count). The van der Waals surface area contributed by atoms with Crippen LogP contribution in [0.3, 0.4) is 0 Å². The van der Waals surface area contributed by atoms with Crippen molar-refractivity contribution in [2.45, 2.75) is 32.4 Å². The van der Waals surface area contributed by atoms with E-state index in [2.05, 4.69) is 24.1 Å². The Morgan fingerprint density at radius 1 is 1.25 bits per heavy atom. The van der Waals surface area contributed by atoms with Crippen molar-refractivity contribution in [1.82, 2.24) is 10.2 Å². The van der Waals surface area contributed by atoms with E-state index in [1.807, 2.05) is 44.4 Å². The predicted octanol–water partition coefficient (Wildman–Crippen LogP) is 1.26. The van der Waals surface area contributed by atoms with E-state index in [1.165, 1.54) is 0 Å². The Balaban J connectivity index is 2.55. The van der Waals surface area contributed by atoms with Crippen LogP contribution in [0, 0.1) is 5.92 Å². The maximum absolute atomic E-state index is 12.2. The smallest absolute Gasteiger partial charge is 0.237 e. The minimum atomic E-state index is -0.499. The van der Waals surface area contributed by atoms with Crippen molar-refractivity contribution in [3.05, 3.63) is 35.9 Å². The maximum Gasteiger partial charge on any atom is 0.237 e. The molecule has 0 spiro atoms. The first kappa shape index (κ1) is 16.7. The molecule has 2 atom stereocenters. The molecule has 0 aliphatic carbocycles. The Labute approximate surface area is 122 Å². The molecule has 3 N–H and O–H groups in total. The fourth-order valence-electron chi connectivity index (χ4n) is 2.07. The third-order valence-corrected chi connectivity index (χ3v) is 3.33. The number of benzene rings is 1. The molecule has 112 valence electrons. The van der Waals surface area contributed by atoms with Gasteiger partial charge in [-0.1, -0.05) is 44.2 Å². The normalized spacial score (nSPS) is 14.3. The molecule has 4 heteroatoms. The van der Waals surface area contributed by atoms with Crippen LogP contribution in [0.4, 0.5) is 0 Å². The monoisotopic (exact) mass is 277 g/mol. The second-order valence-electron chi connectivity index (χ2n) is 5.92. The molecule has 1 aromatic carbocycles. The van der Waals surface area contributed by atoms with E-state index in [0.29, 0.717) is 12.3 Å². The van der Waals surface area contributed by atoms with Crippen molar-refractivity contribution in [2.75, 3.05) is 20.6 Å². The fourth-order valence-corrected chi connectivity index (χ4v) is 2.07. The molecule has 0 bridgehead atoms. The Kier molecular flexibility index (Phi) is 6.68. The fraction of sp³-hybridized carbons (Fsp3) is 0.562. The third-order valence-electron chi connectivity index (χ3n) is 3.33. The molecule has 0 fully saturated rings. The van der Waals surface area contributed by atoms with Crippen LogP contribution < -0.4 is 11.1 Å². The molecular weight excluding hydrogens is 250 g/mol. The Bertz CT molecular complexity index is 403. The molecule has 0 heterocycles. The largest absolute Gasteiger partial charge is 0.350 e. The summed E-state index contributed by atoms with van der Waals surface area (Å²) >= 11 is 0. The van der Waals surface area contributed by atoms with Gasteiger partial charge in [-0.05, 0) is 32.0 Å². The molecule has 1 amide bonds. The average molecular weight is 277 g/mol. The van der Waals surface area contributed by atoms with Crippen LogP contribution in [-0.4, -0.2) is 43.5 Å². The Morgan fingerprint density at radius 2 is 1.85 bits per heavy atom. The molecule has 0 aliphatic rings. The number of hydrogen-bond acceptors (Lipinski definition) is 3. The Hall–Kier alpha value is -1.39. The lowest BCUT2D eigenvalue weighted by Gasteiger charge is -2.27. The van der Waals surface area contributed by atoms with E-state index in [4.69, 9.17) is 5.73 Å². The first-order valence-corrected chi connectivity index (χ1v) is 7.14. The summed E-state index contributed by atoms with van der Waals surface area (Å²) in [6.07, 6.45) is 0.569. The molecule has 0 aliphatic heterocycles. The second-order valence-corrected chi connectivity index (χ2v) is 5.92. The summed E-state index contributed by atoms with van der Waals surface area (Å²) in [5.41, 5.74) is 7.09. The number of nitrogens with two attached hydrogens (primary N) is 1. The van der Waals surface area contributed by atoms with E-state index in [1.54, 1.807) is 0 Å². The van der Waals surface area contributed by atoms with Gasteiger partial charge in [0.25, 0.3) is 0 Å². The van der Waals surface area contributed by atoms with Gasteiger partial charge in [-0.25, -0.2) is 0 Å². The first-order valence-electron chi connectivity index (χ1n) is 7.14. The highest BCUT2D eigenvalue weighted by Crippen LogP contribution is 2.05.